The molecule has 3 nitrogen and oxygen atoms in total. The van der Waals surface area contributed by atoms with Crippen molar-refractivity contribution >= 4 is 5.69 Å². The standard InChI is InChI=1S/C16H26F2N2O/c1-11(2)19-10-13-8-14(17)16(15(18)9-13)20(12(3)4)6-7-21-5/h8-9,11-12,19H,6-7,10H2,1-5H3. The van der Waals surface area contributed by atoms with Gasteiger partial charge in [0.2, 0.25) is 0 Å². The fourth-order valence-electron chi connectivity index (χ4n) is 2.13. The van der Waals surface area contributed by atoms with Gasteiger partial charge in [-0.05, 0) is 31.5 Å². The largest absolute Gasteiger partial charge is 0.383 e. The number of hydrogen-bond donors (Lipinski definition) is 1. The van der Waals surface area contributed by atoms with E-state index in [0.717, 1.165) is 0 Å². The topological polar surface area (TPSA) is 24.5 Å². The lowest BCUT2D eigenvalue weighted by molar-refractivity contribution is 0.203. The Morgan fingerprint density at radius 3 is 2.14 bits per heavy atom. The van der Waals surface area contributed by atoms with Crippen molar-refractivity contribution in [1.29, 1.82) is 0 Å². The van der Waals surface area contributed by atoms with Crippen LogP contribution >= 0.6 is 0 Å². The molecule has 1 rings (SSSR count). The number of anilines is 1. The van der Waals surface area contributed by atoms with E-state index in [1.807, 2.05) is 27.7 Å². The van der Waals surface area contributed by atoms with E-state index in [4.69, 9.17) is 4.74 Å². The van der Waals surface area contributed by atoms with Crippen LogP contribution < -0.4 is 10.2 Å². The van der Waals surface area contributed by atoms with Gasteiger partial charge >= 0.3 is 0 Å². The number of nitrogens with zero attached hydrogens (tertiary/aromatic N) is 1. The van der Waals surface area contributed by atoms with Crippen molar-refractivity contribution in [3.8, 4) is 0 Å². The number of hydrogen-bond acceptors (Lipinski definition) is 3. The van der Waals surface area contributed by atoms with Crippen LogP contribution in [0, 0.1) is 11.6 Å². The summed E-state index contributed by atoms with van der Waals surface area (Å²) in [6.45, 7) is 9.12. The lowest BCUT2D eigenvalue weighted by Crippen LogP contribution is -2.35. The molecule has 0 aliphatic carbocycles. The minimum absolute atomic E-state index is 0.0104. The first-order valence-corrected chi connectivity index (χ1v) is 7.33. The summed E-state index contributed by atoms with van der Waals surface area (Å²) in [5.41, 5.74) is 0.633. The smallest absolute Gasteiger partial charge is 0.149 e. The first-order chi connectivity index (χ1) is 9.86. The predicted molar refractivity (Wildman–Crippen MR) is 82.7 cm³/mol. The Morgan fingerprint density at radius 1 is 1.14 bits per heavy atom. The molecule has 0 fully saturated rings. The Kier molecular flexibility index (Phi) is 7.05. The molecule has 0 saturated heterocycles. The molecule has 5 heteroatoms. The van der Waals surface area contributed by atoms with Crippen molar-refractivity contribution in [3.05, 3.63) is 29.3 Å². The van der Waals surface area contributed by atoms with Crippen LogP contribution in [-0.4, -0.2) is 32.3 Å². The summed E-state index contributed by atoms with van der Waals surface area (Å²) >= 11 is 0. The van der Waals surface area contributed by atoms with Gasteiger partial charge in [-0.15, -0.1) is 0 Å². The number of methoxy groups -OCH3 is 1. The number of rotatable bonds is 8. The van der Waals surface area contributed by atoms with Crippen LogP contribution in [-0.2, 0) is 11.3 Å². The molecule has 0 atom stereocenters. The molecule has 0 saturated carbocycles. The normalized spacial score (nSPS) is 11.5. The number of halogens is 2. The minimum atomic E-state index is -0.527. The third-order valence-corrected chi connectivity index (χ3v) is 3.24. The summed E-state index contributed by atoms with van der Waals surface area (Å²) in [7, 11) is 1.58. The van der Waals surface area contributed by atoms with Gasteiger partial charge in [0.25, 0.3) is 0 Å². The van der Waals surface area contributed by atoms with Gasteiger partial charge < -0.3 is 15.0 Å². The summed E-state index contributed by atoms with van der Waals surface area (Å²) in [5, 5.41) is 3.16. The van der Waals surface area contributed by atoms with Gasteiger partial charge in [-0.3, -0.25) is 0 Å². The van der Waals surface area contributed by atoms with Crippen molar-refractivity contribution in [3.63, 3.8) is 0 Å². The summed E-state index contributed by atoms with van der Waals surface area (Å²) < 4.78 is 33.7. The van der Waals surface area contributed by atoms with Crippen LogP contribution in [0.25, 0.3) is 0 Å². The maximum absolute atomic E-state index is 14.3. The Morgan fingerprint density at radius 2 is 1.71 bits per heavy atom. The van der Waals surface area contributed by atoms with Crippen LogP contribution in [0.15, 0.2) is 12.1 Å². The van der Waals surface area contributed by atoms with Gasteiger partial charge in [0, 0.05) is 32.3 Å². The Labute approximate surface area is 126 Å². The van der Waals surface area contributed by atoms with Gasteiger partial charge in [0.15, 0.2) is 0 Å². The predicted octanol–water partition coefficient (Wildman–Crippen LogP) is 3.32. The van der Waals surface area contributed by atoms with E-state index >= 15 is 0 Å². The van der Waals surface area contributed by atoms with E-state index in [1.165, 1.54) is 12.1 Å². The monoisotopic (exact) mass is 300 g/mol. The molecule has 0 aromatic heterocycles. The molecule has 0 amide bonds. The van der Waals surface area contributed by atoms with E-state index in [9.17, 15) is 8.78 Å². The van der Waals surface area contributed by atoms with Crippen LogP contribution in [0.1, 0.15) is 33.3 Å². The van der Waals surface area contributed by atoms with E-state index in [-0.39, 0.29) is 17.8 Å². The van der Waals surface area contributed by atoms with Gasteiger partial charge in [-0.1, -0.05) is 13.8 Å². The van der Waals surface area contributed by atoms with E-state index < -0.39 is 11.6 Å². The zero-order valence-electron chi connectivity index (χ0n) is 13.5. The van der Waals surface area contributed by atoms with Crippen LogP contribution in [0.5, 0.6) is 0 Å². The molecular formula is C16H26F2N2O. The van der Waals surface area contributed by atoms with E-state index in [2.05, 4.69) is 5.32 Å². The van der Waals surface area contributed by atoms with Crippen molar-refractivity contribution in [2.75, 3.05) is 25.2 Å². The van der Waals surface area contributed by atoms with Crippen molar-refractivity contribution in [2.45, 2.75) is 46.3 Å². The zero-order valence-corrected chi connectivity index (χ0v) is 13.5. The fraction of sp³-hybridized carbons (Fsp3) is 0.625. The highest BCUT2D eigenvalue weighted by Gasteiger charge is 2.20. The summed E-state index contributed by atoms with van der Waals surface area (Å²) in [6.07, 6.45) is 0. The molecule has 1 aromatic carbocycles. The van der Waals surface area contributed by atoms with Crippen molar-refractivity contribution in [2.24, 2.45) is 0 Å². The van der Waals surface area contributed by atoms with Crippen LogP contribution in [0.3, 0.4) is 0 Å². The summed E-state index contributed by atoms with van der Waals surface area (Å²) in [4.78, 5) is 1.69. The lowest BCUT2D eigenvalue weighted by Gasteiger charge is -2.29. The average molecular weight is 300 g/mol. The number of benzene rings is 1. The first kappa shape index (κ1) is 17.9. The Balaban J connectivity index is 3.01. The fourth-order valence-corrected chi connectivity index (χ4v) is 2.13. The molecule has 120 valence electrons. The highest BCUT2D eigenvalue weighted by Crippen LogP contribution is 2.26. The molecule has 0 spiro atoms. The van der Waals surface area contributed by atoms with E-state index in [1.54, 1.807) is 12.0 Å². The number of ether oxygens (including phenoxy) is 1. The van der Waals surface area contributed by atoms with Gasteiger partial charge in [0.1, 0.15) is 17.3 Å². The molecule has 0 heterocycles. The van der Waals surface area contributed by atoms with Gasteiger partial charge in [-0.25, -0.2) is 8.78 Å². The second kappa shape index (κ2) is 8.29. The maximum Gasteiger partial charge on any atom is 0.149 e. The molecule has 0 bridgehead atoms. The first-order valence-electron chi connectivity index (χ1n) is 7.33. The minimum Gasteiger partial charge on any atom is -0.383 e. The zero-order chi connectivity index (χ0) is 16.0. The van der Waals surface area contributed by atoms with Gasteiger partial charge in [-0.2, -0.15) is 0 Å². The number of nitrogens with one attached hydrogen (secondary N) is 1. The molecule has 0 aliphatic heterocycles. The third kappa shape index (κ3) is 5.25. The second-order valence-electron chi connectivity index (χ2n) is 5.72. The van der Waals surface area contributed by atoms with E-state index in [0.29, 0.717) is 25.3 Å². The highest BCUT2D eigenvalue weighted by molar-refractivity contribution is 5.51. The lowest BCUT2D eigenvalue weighted by atomic mass is 10.1. The van der Waals surface area contributed by atoms with Crippen LogP contribution in [0.4, 0.5) is 14.5 Å². The molecule has 21 heavy (non-hydrogen) atoms. The second-order valence-corrected chi connectivity index (χ2v) is 5.72. The molecular weight excluding hydrogens is 274 g/mol. The van der Waals surface area contributed by atoms with Crippen molar-refractivity contribution < 1.29 is 13.5 Å². The Hall–Kier alpha value is -1.20. The van der Waals surface area contributed by atoms with Crippen molar-refractivity contribution in [1.82, 2.24) is 5.32 Å². The van der Waals surface area contributed by atoms with Gasteiger partial charge in [0.05, 0.1) is 6.61 Å². The Bertz CT molecular complexity index is 427. The summed E-state index contributed by atoms with van der Waals surface area (Å²) in [6, 6.07) is 3.06. The SMILES string of the molecule is COCCN(c1c(F)cc(CNC(C)C)cc1F)C(C)C. The molecule has 1 N–H and O–H groups in total. The summed E-state index contributed by atoms with van der Waals surface area (Å²) in [5.74, 6) is -1.05. The quantitative estimate of drug-likeness (QED) is 0.797. The molecule has 0 radical (unpaired) electrons. The molecule has 0 unspecified atom stereocenters. The average Bonchev–Trinajstić information content (AvgIpc) is 2.39. The third-order valence-electron chi connectivity index (χ3n) is 3.24. The van der Waals surface area contributed by atoms with Crippen LogP contribution in [0.2, 0.25) is 0 Å². The maximum atomic E-state index is 14.3. The highest BCUT2D eigenvalue weighted by atomic mass is 19.1. The molecule has 0 aliphatic rings. The molecule has 1 aromatic rings.